The molecule has 0 amide bonds. The van der Waals surface area contributed by atoms with Crippen molar-refractivity contribution in [3.8, 4) is 17.1 Å². The number of rotatable bonds is 1. The van der Waals surface area contributed by atoms with Crippen LogP contribution in [0.5, 0.6) is 5.75 Å². The predicted octanol–water partition coefficient (Wildman–Crippen LogP) is 1.41. The summed E-state index contributed by atoms with van der Waals surface area (Å²) in [4.78, 5) is 3.90. The third kappa shape index (κ3) is 1.49. The molecule has 0 aliphatic heterocycles. The average Bonchev–Trinajstić information content (AvgIpc) is 2.56. The molecule has 14 heavy (non-hydrogen) atoms. The molecule has 0 saturated heterocycles. The molecule has 2 rings (SSSR count). The number of H-pyrrole nitrogens is 1. The summed E-state index contributed by atoms with van der Waals surface area (Å²) in [6, 6.07) is 4.55. The van der Waals surface area contributed by atoms with Gasteiger partial charge in [0.25, 0.3) is 0 Å². The number of aromatic nitrogens is 3. The SMILES string of the molecule is Nc1n[nH]c(-c2cc(O)ccc2Cl)n1. The lowest BCUT2D eigenvalue weighted by Gasteiger charge is -1.99. The number of nitrogens with one attached hydrogen (secondary N) is 1. The van der Waals surface area contributed by atoms with Crippen LogP contribution >= 0.6 is 11.6 Å². The van der Waals surface area contributed by atoms with Gasteiger partial charge in [-0.05, 0) is 18.2 Å². The lowest BCUT2D eigenvalue weighted by atomic mass is 10.2. The second kappa shape index (κ2) is 3.19. The summed E-state index contributed by atoms with van der Waals surface area (Å²) >= 11 is 5.90. The number of nitrogen functional groups attached to an aromatic ring is 1. The molecule has 2 aromatic rings. The number of halogens is 1. The minimum atomic E-state index is 0.111. The van der Waals surface area contributed by atoms with E-state index in [0.717, 1.165) is 0 Å². The van der Waals surface area contributed by atoms with Crippen LogP contribution < -0.4 is 5.73 Å². The van der Waals surface area contributed by atoms with Crippen LogP contribution in [0.15, 0.2) is 18.2 Å². The summed E-state index contributed by atoms with van der Waals surface area (Å²) in [6.07, 6.45) is 0. The number of aromatic hydroxyl groups is 1. The van der Waals surface area contributed by atoms with Gasteiger partial charge in [-0.1, -0.05) is 11.6 Å². The summed E-state index contributed by atoms with van der Waals surface area (Å²) in [5.74, 6) is 0.683. The highest BCUT2D eigenvalue weighted by Crippen LogP contribution is 2.28. The zero-order valence-corrected chi connectivity index (χ0v) is 7.78. The van der Waals surface area contributed by atoms with Crippen molar-refractivity contribution in [3.05, 3.63) is 23.2 Å². The van der Waals surface area contributed by atoms with E-state index in [1.165, 1.54) is 12.1 Å². The van der Waals surface area contributed by atoms with Gasteiger partial charge in [-0.15, -0.1) is 5.10 Å². The van der Waals surface area contributed by atoms with E-state index >= 15 is 0 Å². The second-order valence-electron chi connectivity index (χ2n) is 2.71. The normalized spacial score (nSPS) is 10.4. The molecule has 0 atom stereocenters. The monoisotopic (exact) mass is 210 g/mol. The molecule has 1 aromatic carbocycles. The first-order valence-corrected chi connectivity index (χ1v) is 4.21. The molecule has 0 aliphatic rings. The van der Waals surface area contributed by atoms with Crippen molar-refractivity contribution in [1.82, 2.24) is 15.2 Å². The Bertz CT molecular complexity index is 468. The molecule has 0 spiro atoms. The Hall–Kier alpha value is -1.75. The van der Waals surface area contributed by atoms with Crippen LogP contribution in [-0.4, -0.2) is 20.3 Å². The Morgan fingerprint density at radius 1 is 1.43 bits per heavy atom. The first-order chi connectivity index (χ1) is 6.66. The number of aromatic amines is 1. The lowest BCUT2D eigenvalue weighted by Crippen LogP contribution is -1.85. The molecular formula is C8H7ClN4O. The van der Waals surface area contributed by atoms with Crippen molar-refractivity contribution < 1.29 is 5.11 Å². The Balaban J connectivity index is 2.55. The fraction of sp³-hybridized carbons (Fsp3) is 0. The molecule has 0 saturated carbocycles. The number of hydrogen-bond acceptors (Lipinski definition) is 4. The largest absolute Gasteiger partial charge is 0.508 e. The smallest absolute Gasteiger partial charge is 0.239 e. The highest BCUT2D eigenvalue weighted by molar-refractivity contribution is 6.33. The molecule has 6 heteroatoms. The maximum absolute atomic E-state index is 9.25. The number of hydrogen-bond donors (Lipinski definition) is 3. The molecule has 1 heterocycles. The van der Waals surface area contributed by atoms with Gasteiger partial charge in [-0.25, -0.2) is 0 Å². The Morgan fingerprint density at radius 2 is 2.21 bits per heavy atom. The second-order valence-corrected chi connectivity index (χ2v) is 3.11. The maximum Gasteiger partial charge on any atom is 0.239 e. The number of phenolic OH excluding ortho intramolecular Hbond substituents is 1. The van der Waals surface area contributed by atoms with E-state index in [9.17, 15) is 5.11 Å². The molecule has 0 fully saturated rings. The van der Waals surface area contributed by atoms with E-state index < -0.39 is 0 Å². The van der Waals surface area contributed by atoms with Crippen LogP contribution in [0.2, 0.25) is 5.02 Å². The van der Waals surface area contributed by atoms with Crippen LogP contribution in [0.1, 0.15) is 0 Å². The number of phenols is 1. The van der Waals surface area contributed by atoms with E-state index in [4.69, 9.17) is 17.3 Å². The average molecular weight is 211 g/mol. The fourth-order valence-electron chi connectivity index (χ4n) is 1.09. The van der Waals surface area contributed by atoms with Gasteiger partial charge in [0.1, 0.15) is 5.75 Å². The summed E-state index contributed by atoms with van der Waals surface area (Å²) in [6.45, 7) is 0. The number of nitrogens with zero attached hydrogens (tertiary/aromatic N) is 2. The van der Waals surface area contributed by atoms with Crippen molar-refractivity contribution in [2.45, 2.75) is 0 Å². The summed E-state index contributed by atoms with van der Waals surface area (Å²) in [7, 11) is 0. The van der Waals surface area contributed by atoms with E-state index in [1.807, 2.05) is 0 Å². The topological polar surface area (TPSA) is 87.8 Å². The Morgan fingerprint density at radius 3 is 2.86 bits per heavy atom. The van der Waals surface area contributed by atoms with Crippen molar-refractivity contribution >= 4 is 17.5 Å². The molecule has 0 radical (unpaired) electrons. The number of nitrogens with two attached hydrogens (primary N) is 1. The van der Waals surface area contributed by atoms with Crippen LogP contribution in [0.3, 0.4) is 0 Å². The molecule has 0 aliphatic carbocycles. The fourth-order valence-corrected chi connectivity index (χ4v) is 1.30. The van der Waals surface area contributed by atoms with Gasteiger partial charge < -0.3 is 10.8 Å². The third-order valence-corrected chi connectivity index (χ3v) is 2.04. The van der Waals surface area contributed by atoms with Gasteiger partial charge in [0.2, 0.25) is 5.95 Å². The predicted molar refractivity (Wildman–Crippen MR) is 52.9 cm³/mol. The molecule has 0 bridgehead atoms. The molecular weight excluding hydrogens is 204 g/mol. The third-order valence-electron chi connectivity index (χ3n) is 1.71. The summed E-state index contributed by atoms with van der Waals surface area (Å²) < 4.78 is 0. The molecule has 72 valence electrons. The molecule has 0 unspecified atom stereocenters. The summed E-state index contributed by atoms with van der Waals surface area (Å²) in [5, 5.41) is 16.0. The molecule has 5 nitrogen and oxygen atoms in total. The van der Waals surface area contributed by atoms with Crippen LogP contribution in [0, 0.1) is 0 Å². The van der Waals surface area contributed by atoms with Crippen molar-refractivity contribution in [1.29, 1.82) is 0 Å². The molecule has 4 N–H and O–H groups in total. The highest BCUT2D eigenvalue weighted by Gasteiger charge is 2.08. The van der Waals surface area contributed by atoms with E-state index in [-0.39, 0.29) is 11.7 Å². The van der Waals surface area contributed by atoms with E-state index in [0.29, 0.717) is 16.4 Å². The zero-order valence-electron chi connectivity index (χ0n) is 7.03. The number of benzene rings is 1. The Kier molecular flexibility index (Phi) is 2.01. The van der Waals surface area contributed by atoms with Crippen molar-refractivity contribution in [2.75, 3.05) is 5.73 Å². The minimum Gasteiger partial charge on any atom is -0.508 e. The zero-order chi connectivity index (χ0) is 10.1. The van der Waals surface area contributed by atoms with Gasteiger partial charge in [-0.3, -0.25) is 5.10 Å². The minimum absolute atomic E-state index is 0.111. The molecule has 1 aromatic heterocycles. The van der Waals surface area contributed by atoms with Crippen LogP contribution in [0.4, 0.5) is 5.95 Å². The van der Waals surface area contributed by atoms with E-state index in [1.54, 1.807) is 6.07 Å². The maximum atomic E-state index is 9.25. The van der Waals surface area contributed by atoms with Crippen molar-refractivity contribution in [2.24, 2.45) is 0 Å². The highest BCUT2D eigenvalue weighted by atomic mass is 35.5. The number of anilines is 1. The first kappa shape index (κ1) is 8.83. The van der Waals surface area contributed by atoms with Gasteiger partial charge in [-0.2, -0.15) is 4.98 Å². The van der Waals surface area contributed by atoms with Gasteiger partial charge >= 0.3 is 0 Å². The van der Waals surface area contributed by atoms with Gasteiger partial charge in [0, 0.05) is 5.56 Å². The standard InChI is InChI=1S/C8H7ClN4O/c9-6-2-1-4(14)3-5(6)7-11-8(10)13-12-7/h1-3,14H,(H3,10,11,12,13). The quantitative estimate of drug-likeness (QED) is 0.664. The Labute approximate surface area is 84.5 Å². The van der Waals surface area contributed by atoms with Crippen LogP contribution in [-0.2, 0) is 0 Å². The van der Waals surface area contributed by atoms with Gasteiger partial charge in [0.05, 0.1) is 5.02 Å². The van der Waals surface area contributed by atoms with Crippen LogP contribution in [0.25, 0.3) is 11.4 Å². The summed E-state index contributed by atoms with van der Waals surface area (Å²) in [5.41, 5.74) is 5.91. The van der Waals surface area contributed by atoms with E-state index in [2.05, 4.69) is 15.2 Å². The first-order valence-electron chi connectivity index (χ1n) is 3.83. The van der Waals surface area contributed by atoms with Gasteiger partial charge in [0.15, 0.2) is 5.82 Å². The van der Waals surface area contributed by atoms with Crippen molar-refractivity contribution in [3.63, 3.8) is 0 Å². The lowest BCUT2D eigenvalue weighted by molar-refractivity contribution is 0.475.